The van der Waals surface area contributed by atoms with Gasteiger partial charge in [-0.2, -0.15) is 0 Å². The van der Waals surface area contributed by atoms with Crippen LogP contribution in [0.25, 0.3) is 0 Å². The maximum atomic E-state index is 11.6. The Morgan fingerprint density at radius 2 is 1.76 bits per heavy atom. The fourth-order valence-corrected chi connectivity index (χ4v) is 4.27. The SMILES string of the molecule is CS(=O)(=O)c1ccc(O[C@@H]2c3ccccc3C[C@H]2NC2CCC2)cc1. The topological polar surface area (TPSA) is 55.4 Å². The van der Waals surface area contributed by atoms with Gasteiger partial charge in [0.1, 0.15) is 11.9 Å². The van der Waals surface area contributed by atoms with Crippen LogP contribution in [-0.4, -0.2) is 26.8 Å². The van der Waals surface area contributed by atoms with Crippen molar-refractivity contribution in [3.05, 3.63) is 59.7 Å². The standard InChI is InChI=1S/C20H23NO3S/c1-25(22,23)17-11-9-16(10-12-17)24-20-18-8-3-2-5-14(18)13-19(20)21-15-6-4-7-15/h2-3,5,8-12,15,19-21H,4,6-7,13H2,1H3/t19-,20-/m1/s1. The zero-order valence-corrected chi connectivity index (χ0v) is 15.1. The molecule has 4 rings (SSSR count). The minimum atomic E-state index is -3.19. The van der Waals surface area contributed by atoms with Gasteiger partial charge in [-0.25, -0.2) is 8.42 Å². The van der Waals surface area contributed by atoms with Crippen LogP contribution in [-0.2, 0) is 16.3 Å². The van der Waals surface area contributed by atoms with Gasteiger partial charge in [0.25, 0.3) is 0 Å². The van der Waals surface area contributed by atoms with Crippen molar-refractivity contribution in [2.24, 2.45) is 0 Å². The van der Waals surface area contributed by atoms with Crippen LogP contribution in [0.5, 0.6) is 5.75 Å². The molecule has 0 aromatic heterocycles. The summed E-state index contributed by atoms with van der Waals surface area (Å²) in [6.45, 7) is 0. The molecular weight excluding hydrogens is 334 g/mol. The van der Waals surface area contributed by atoms with Gasteiger partial charge in [-0.05, 0) is 54.7 Å². The van der Waals surface area contributed by atoms with Gasteiger partial charge in [0.15, 0.2) is 9.84 Å². The zero-order chi connectivity index (χ0) is 17.4. The van der Waals surface area contributed by atoms with Crippen LogP contribution in [0.3, 0.4) is 0 Å². The van der Waals surface area contributed by atoms with Crippen LogP contribution in [0, 0.1) is 0 Å². The van der Waals surface area contributed by atoms with E-state index < -0.39 is 9.84 Å². The Kier molecular flexibility index (Phi) is 4.29. The Hall–Kier alpha value is -1.85. The largest absolute Gasteiger partial charge is 0.484 e. The highest BCUT2D eigenvalue weighted by Crippen LogP contribution is 2.36. The lowest BCUT2D eigenvalue weighted by Gasteiger charge is -2.32. The molecule has 0 amide bonds. The number of sulfone groups is 1. The van der Waals surface area contributed by atoms with Crippen LogP contribution in [0.15, 0.2) is 53.4 Å². The van der Waals surface area contributed by atoms with Crippen molar-refractivity contribution in [3.63, 3.8) is 0 Å². The summed E-state index contributed by atoms with van der Waals surface area (Å²) < 4.78 is 29.5. The van der Waals surface area contributed by atoms with E-state index in [1.165, 1.54) is 36.6 Å². The summed E-state index contributed by atoms with van der Waals surface area (Å²) in [5.74, 6) is 0.703. The lowest BCUT2D eigenvalue weighted by atomic mass is 9.92. The van der Waals surface area contributed by atoms with E-state index in [9.17, 15) is 8.42 Å². The minimum absolute atomic E-state index is 0.0408. The first-order chi connectivity index (χ1) is 12.0. The van der Waals surface area contributed by atoms with E-state index in [4.69, 9.17) is 4.74 Å². The van der Waals surface area contributed by atoms with Gasteiger partial charge in [-0.3, -0.25) is 0 Å². The van der Waals surface area contributed by atoms with Gasteiger partial charge < -0.3 is 10.1 Å². The average molecular weight is 357 g/mol. The van der Waals surface area contributed by atoms with Gasteiger partial charge in [0.05, 0.1) is 10.9 Å². The summed E-state index contributed by atoms with van der Waals surface area (Å²) in [6.07, 6.45) is 5.93. The molecule has 0 aliphatic heterocycles. The molecule has 2 aliphatic carbocycles. The molecule has 25 heavy (non-hydrogen) atoms. The molecule has 1 saturated carbocycles. The Morgan fingerprint density at radius 1 is 1.04 bits per heavy atom. The molecule has 0 saturated heterocycles. The predicted octanol–water partition coefficient (Wildman–Crippen LogP) is 3.28. The molecule has 0 spiro atoms. The highest BCUT2D eigenvalue weighted by molar-refractivity contribution is 7.90. The van der Waals surface area contributed by atoms with Gasteiger partial charge >= 0.3 is 0 Å². The average Bonchev–Trinajstić information content (AvgIpc) is 2.88. The monoisotopic (exact) mass is 357 g/mol. The predicted molar refractivity (Wildman–Crippen MR) is 97.6 cm³/mol. The Labute approximate surface area is 149 Å². The molecule has 2 aliphatic rings. The van der Waals surface area contributed by atoms with E-state index in [1.54, 1.807) is 24.3 Å². The molecule has 4 nitrogen and oxygen atoms in total. The molecule has 1 N–H and O–H groups in total. The third-order valence-corrected chi connectivity index (χ3v) is 6.37. The molecule has 1 fully saturated rings. The van der Waals surface area contributed by atoms with E-state index in [0.717, 1.165) is 6.42 Å². The van der Waals surface area contributed by atoms with E-state index in [-0.39, 0.29) is 12.1 Å². The van der Waals surface area contributed by atoms with E-state index >= 15 is 0 Å². The molecule has 2 aromatic carbocycles. The number of rotatable bonds is 5. The fourth-order valence-electron chi connectivity index (χ4n) is 3.64. The second-order valence-electron chi connectivity index (χ2n) is 7.09. The van der Waals surface area contributed by atoms with Crippen molar-refractivity contribution in [2.45, 2.75) is 48.8 Å². The number of hydrogen-bond donors (Lipinski definition) is 1. The summed E-state index contributed by atoms with van der Waals surface area (Å²) in [5.41, 5.74) is 2.56. The second kappa shape index (κ2) is 6.46. The molecule has 2 aromatic rings. The Bertz CT molecular complexity index is 857. The molecule has 0 unspecified atom stereocenters. The van der Waals surface area contributed by atoms with Crippen molar-refractivity contribution in [1.82, 2.24) is 5.32 Å². The molecule has 0 radical (unpaired) electrons. The van der Waals surface area contributed by atoms with E-state index in [2.05, 4.69) is 23.5 Å². The van der Waals surface area contributed by atoms with Gasteiger partial charge in [0.2, 0.25) is 0 Å². The maximum Gasteiger partial charge on any atom is 0.175 e. The zero-order valence-electron chi connectivity index (χ0n) is 14.3. The number of hydrogen-bond acceptors (Lipinski definition) is 4. The van der Waals surface area contributed by atoms with Crippen molar-refractivity contribution >= 4 is 9.84 Å². The van der Waals surface area contributed by atoms with E-state index in [1.807, 2.05) is 6.07 Å². The lowest BCUT2D eigenvalue weighted by Crippen LogP contribution is -2.45. The van der Waals surface area contributed by atoms with Crippen LogP contribution >= 0.6 is 0 Å². The van der Waals surface area contributed by atoms with Crippen LogP contribution in [0.4, 0.5) is 0 Å². The van der Waals surface area contributed by atoms with Gasteiger partial charge in [-0.15, -0.1) is 0 Å². The third kappa shape index (κ3) is 3.44. The van der Waals surface area contributed by atoms with Crippen molar-refractivity contribution in [2.75, 3.05) is 6.26 Å². The number of benzene rings is 2. The van der Waals surface area contributed by atoms with Crippen LogP contribution in [0.2, 0.25) is 0 Å². The quantitative estimate of drug-likeness (QED) is 0.892. The molecule has 0 heterocycles. The molecular formula is C20H23NO3S. The lowest BCUT2D eigenvalue weighted by molar-refractivity contribution is 0.147. The fraction of sp³-hybridized carbons (Fsp3) is 0.400. The van der Waals surface area contributed by atoms with Crippen molar-refractivity contribution in [1.29, 1.82) is 0 Å². The highest BCUT2D eigenvalue weighted by Gasteiger charge is 2.36. The number of ether oxygens (including phenoxy) is 1. The smallest absolute Gasteiger partial charge is 0.175 e. The first-order valence-electron chi connectivity index (χ1n) is 8.81. The van der Waals surface area contributed by atoms with Gasteiger partial charge in [0, 0.05) is 12.3 Å². The first-order valence-corrected chi connectivity index (χ1v) is 10.7. The summed E-state index contributed by atoms with van der Waals surface area (Å²) in [5, 5.41) is 3.75. The van der Waals surface area contributed by atoms with Crippen molar-refractivity contribution < 1.29 is 13.2 Å². The molecule has 132 valence electrons. The third-order valence-electron chi connectivity index (χ3n) is 5.24. The molecule has 2 atom stereocenters. The first kappa shape index (κ1) is 16.6. The number of fused-ring (bicyclic) bond motifs is 1. The molecule has 5 heteroatoms. The Morgan fingerprint density at radius 3 is 2.40 bits per heavy atom. The summed E-state index contributed by atoms with van der Waals surface area (Å²) in [4.78, 5) is 0.316. The van der Waals surface area contributed by atoms with Crippen molar-refractivity contribution in [3.8, 4) is 5.75 Å². The number of nitrogens with one attached hydrogen (secondary N) is 1. The highest BCUT2D eigenvalue weighted by atomic mass is 32.2. The van der Waals surface area contributed by atoms with Crippen LogP contribution < -0.4 is 10.1 Å². The minimum Gasteiger partial charge on any atom is -0.484 e. The van der Waals surface area contributed by atoms with Crippen LogP contribution in [0.1, 0.15) is 36.5 Å². The maximum absolute atomic E-state index is 11.6. The summed E-state index contributed by atoms with van der Waals surface area (Å²) in [7, 11) is -3.19. The normalized spacial score (nSPS) is 23.1. The second-order valence-corrected chi connectivity index (χ2v) is 9.10. The molecule has 0 bridgehead atoms. The summed E-state index contributed by atoms with van der Waals surface area (Å²) in [6, 6.07) is 16.0. The Balaban J connectivity index is 1.57. The van der Waals surface area contributed by atoms with Gasteiger partial charge in [-0.1, -0.05) is 30.7 Å². The van der Waals surface area contributed by atoms with E-state index in [0.29, 0.717) is 16.7 Å². The summed E-state index contributed by atoms with van der Waals surface area (Å²) >= 11 is 0.